The van der Waals surface area contributed by atoms with Crippen molar-refractivity contribution in [2.24, 2.45) is 5.10 Å². The summed E-state index contributed by atoms with van der Waals surface area (Å²) >= 11 is 5.70. The van der Waals surface area contributed by atoms with E-state index in [1.807, 2.05) is 0 Å². The lowest BCUT2D eigenvalue weighted by molar-refractivity contribution is -0.137. The van der Waals surface area contributed by atoms with Gasteiger partial charge >= 0.3 is 12.1 Å². The monoisotopic (exact) mass is 615 g/mol. The molecule has 0 atom stereocenters. The molecule has 0 saturated heterocycles. The van der Waals surface area contributed by atoms with Crippen molar-refractivity contribution in [3.05, 3.63) is 125 Å². The third kappa shape index (κ3) is 7.53. The first kappa shape index (κ1) is 30.3. The number of nitrogens with one attached hydrogen (secondary N) is 1. The zero-order chi connectivity index (χ0) is 30.3. The topological polar surface area (TPSA) is 105 Å². The SMILES string of the molecule is O=C(CN(c1ccc(Cl)c(C(F)(F)F)c1)S(=O)(=O)c1ccccc1)N/N=C\c1ccc(OC(=O)c2ccccc2)cc1. The quantitative estimate of drug-likeness (QED) is 0.109. The second kappa shape index (κ2) is 12.9. The number of halogens is 4. The molecule has 0 aliphatic heterocycles. The summed E-state index contributed by atoms with van der Waals surface area (Å²) in [6.07, 6.45) is -3.61. The third-order valence-corrected chi connectivity index (χ3v) is 7.78. The molecule has 4 aromatic rings. The number of ether oxygens (including phenoxy) is 1. The van der Waals surface area contributed by atoms with Gasteiger partial charge in [-0.3, -0.25) is 9.10 Å². The van der Waals surface area contributed by atoms with E-state index in [1.165, 1.54) is 42.6 Å². The van der Waals surface area contributed by atoms with Crippen LogP contribution in [0.1, 0.15) is 21.5 Å². The lowest BCUT2D eigenvalue weighted by Crippen LogP contribution is -2.39. The van der Waals surface area contributed by atoms with Crippen molar-refractivity contribution in [1.29, 1.82) is 0 Å². The predicted molar refractivity (Wildman–Crippen MR) is 151 cm³/mol. The smallest absolute Gasteiger partial charge is 0.417 e. The van der Waals surface area contributed by atoms with Gasteiger partial charge in [-0.15, -0.1) is 0 Å². The van der Waals surface area contributed by atoms with E-state index in [2.05, 4.69) is 10.5 Å². The molecule has 0 heterocycles. The van der Waals surface area contributed by atoms with Gasteiger partial charge in [-0.05, 0) is 72.3 Å². The number of carbonyl (C=O) groups is 2. The number of rotatable bonds is 9. The van der Waals surface area contributed by atoms with Crippen molar-refractivity contribution in [2.75, 3.05) is 10.8 Å². The number of hydrogen-bond acceptors (Lipinski definition) is 6. The van der Waals surface area contributed by atoms with Crippen LogP contribution in [0, 0.1) is 0 Å². The molecule has 0 unspecified atom stereocenters. The first-order valence-corrected chi connectivity index (χ1v) is 13.9. The van der Waals surface area contributed by atoms with Gasteiger partial charge in [-0.1, -0.05) is 48.0 Å². The van der Waals surface area contributed by atoms with Crippen LogP contribution in [0.4, 0.5) is 18.9 Å². The van der Waals surface area contributed by atoms with Gasteiger partial charge in [-0.25, -0.2) is 18.6 Å². The second-order valence-corrected chi connectivity index (χ2v) is 10.9. The first-order valence-electron chi connectivity index (χ1n) is 12.1. The maximum absolute atomic E-state index is 13.5. The third-order valence-electron chi connectivity index (χ3n) is 5.66. The van der Waals surface area contributed by atoms with Crippen LogP contribution in [-0.4, -0.2) is 33.1 Å². The summed E-state index contributed by atoms with van der Waals surface area (Å²) in [5, 5.41) is 3.17. The minimum absolute atomic E-state index is 0.238. The minimum atomic E-state index is -4.86. The summed E-state index contributed by atoms with van der Waals surface area (Å²) in [6.45, 7) is -0.887. The van der Waals surface area contributed by atoms with Gasteiger partial charge in [0.05, 0.1) is 32.9 Å². The van der Waals surface area contributed by atoms with Gasteiger partial charge in [0.25, 0.3) is 15.9 Å². The Morgan fingerprint density at radius 1 is 0.905 bits per heavy atom. The number of nitrogens with zero attached hydrogens (tertiary/aromatic N) is 2. The highest BCUT2D eigenvalue weighted by atomic mass is 35.5. The van der Waals surface area contributed by atoms with Crippen LogP contribution in [0.25, 0.3) is 0 Å². The van der Waals surface area contributed by atoms with Crippen LogP contribution in [0.5, 0.6) is 5.75 Å². The van der Waals surface area contributed by atoms with Crippen molar-refractivity contribution in [3.63, 3.8) is 0 Å². The van der Waals surface area contributed by atoms with Crippen LogP contribution in [-0.2, 0) is 21.0 Å². The number of carbonyl (C=O) groups excluding carboxylic acids is 2. The van der Waals surface area contributed by atoms with E-state index in [4.69, 9.17) is 16.3 Å². The fourth-order valence-electron chi connectivity index (χ4n) is 3.63. The second-order valence-electron chi connectivity index (χ2n) is 8.60. The zero-order valence-corrected chi connectivity index (χ0v) is 23.0. The molecule has 8 nitrogen and oxygen atoms in total. The van der Waals surface area contributed by atoms with E-state index < -0.39 is 50.9 Å². The highest BCUT2D eigenvalue weighted by Crippen LogP contribution is 2.38. The molecule has 0 bridgehead atoms. The average Bonchev–Trinajstić information content (AvgIpc) is 2.97. The molecule has 0 fully saturated rings. The van der Waals surface area contributed by atoms with Gasteiger partial charge in [-0.2, -0.15) is 18.3 Å². The Kier molecular flexibility index (Phi) is 9.28. The van der Waals surface area contributed by atoms with Crippen molar-refractivity contribution >= 4 is 45.4 Å². The van der Waals surface area contributed by atoms with Crippen LogP contribution in [0.2, 0.25) is 5.02 Å². The number of anilines is 1. The molecule has 0 aliphatic rings. The van der Waals surface area contributed by atoms with Crippen molar-refractivity contribution in [3.8, 4) is 5.75 Å². The van der Waals surface area contributed by atoms with Crippen LogP contribution in [0.15, 0.2) is 113 Å². The summed E-state index contributed by atoms with van der Waals surface area (Å²) in [7, 11) is -4.47. The number of alkyl halides is 3. The molecule has 0 radical (unpaired) electrons. The molecule has 1 amide bonds. The van der Waals surface area contributed by atoms with Crippen LogP contribution in [0.3, 0.4) is 0 Å². The van der Waals surface area contributed by atoms with E-state index in [0.29, 0.717) is 21.5 Å². The average molecular weight is 616 g/mol. The van der Waals surface area contributed by atoms with E-state index >= 15 is 0 Å². The van der Waals surface area contributed by atoms with Gasteiger partial charge < -0.3 is 4.74 Å². The molecule has 1 N–H and O–H groups in total. The maximum atomic E-state index is 13.5. The van der Waals surface area contributed by atoms with E-state index in [9.17, 15) is 31.2 Å². The Balaban J connectivity index is 1.49. The number of esters is 1. The van der Waals surface area contributed by atoms with Crippen LogP contribution < -0.4 is 14.5 Å². The molecule has 0 saturated carbocycles. The molecule has 42 heavy (non-hydrogen) atoms. The first-order chi connectivity index (χ1) is 19.9. The van der Waals surface area contributed by atoms with Gasteiger partial charge in [0.15, 0.2) is 0 Å². The zero-order valence-electron chi connectivity index (χ0n) is 21.5. The fraction of sp³-hybridized carbons (Fsp3) is 0.0690. The molecule has 0 aliphatic carbocycles. The predicted octanol–water partition coefficient (Wildman–Crippen LogP) is 5.92. The lowest BCUT2D eigenvalue weighted by atomic mass is 10.2. The summed E-state index contributed by atoms with van der Waals surface area (Å²) in [5.74, 6) is -1.20. The maximum Gasteiger partial charge on any atom is 0.417 e. The number of sulfonamides is 1. The Bertz CT molecular complexity index is 1700. The molecule has 0 spiro atoms. The summed E-state index contributed by atoms with van der Waals surface area (Å²) in [4.78, 5) is 24.7. The highest BCUT2D eigenvalue weighted by molar-refractivity contribution is 7.92. The molecule has 0 aromatic heterocycles. The number of benzene rings is 4. The number of amides is 1. The largest absolute Gasteiger partial charge is 0.423 e. The standard InChI is InChI=1S/C29H21ClF3N3O5S/c30-26-16-13-22(17-25(26)29(31,32)33)36(42(39,40)24-9-5-2-6-10-24)19-27(37)35-34-18-20-11-14-23(15-12-20)41-28(38)21-7-3-1-4-8-21/h1-18H,19H2,(H,35,37)/b34-18-. The molecule has 4 aromatic carbocycles. The lowest BCUT2D eigenvalue weighted by Gasteiger charge is -2.24. The summed E-state index contributed by atoms with van der Waals surface area (Å²) < 4.78 is 73.0. The Labute approximate surface area is 244 Å². The summed E-state index contributed by atoms with van der Waals surface area (Å²) in [6, 6.07) is 24.0. The van der Waals surface area contributed by atoms with E-state index in [0.717, 1.165) is 12.1 Å². The van der Waals surface area contributed by atoms with E-state index in [-0.39, 0.29) is 10.6 Å². The Morgan fingerprint density at radius 2 is 1.52 bits per heavy atom. The van der Waals surface area contributed by atoms with Gasteiger partial charge in [0.2, 0.25) is 0 Å². The molecule has 4 rings (SSSR count). The fourth-order valence-corrected chi connectivity index (χ4v) is 5.29. The number of hydrazone groups is 1. The van der Waals surface area contributed by atoms with Crippen molar-refractivity contribution in [2.45, 2.75) is 11.1 Å². The number of hydrogen-bond donors (Lipinski definition) is 1. The molecule has 13 heteroatoms. The molecule has 216 valence electrons. The van der Waals surface area contributed by atoms with Crippen LogP contribution >= 0.6 is 11.6 Å². The minimum Gasteiger partial charge on any atom is -0.423 e. The Morgan fingerprint density at radius 3 is 2.14 bits per heavy atom. The molecular weight excluding hydrogens is 595 g/mol. The highest BCUT2D eigenvalue weighted by Gasteiger charge is 2.35. The van der Waals surface area contributed by atoms with Gasteiger partial charge in [0.1, 0.15) is 12.3 Å². The Hall–Kier alpha value is -4.68. The molecular formula is C29H21ClF3N3O5S. The van der Waals surface area contributed by atoms with Crippen molar-refractivity contribution < 1.29 is 35.9 Å². The summed E-state index contributed by atoms with van der Waals surface area (Å²) in [5.41, 5.74) is 1.36. The van der Waals surface area contributed by atoms with E-state index in [1.54, 1.807) is 48.5 Å². The normalized spacial score (nSPS) is 11.7. The van der Waals surface area contributed by atoms with Gasteiger partial charge in [0, 0.05) is 0 Å². The van der Waals surface area contributed by atoms with Crippen molar-refractivity contribution in [1.82, 2.24) is 5.43 Å².